The zero-order valence-corrected chi connectivity index (χ0v) is 17.2. The number of nitrogens with one attached hydrogen (secondary N) is 2. The van der Waals surface area contributed by atoms with Crippen molar-refractivity contribution in [2.24, 2.45) is 0 Å². The lowest BCUT2D eigenvalue weighted by Gasteiger charge is -2.33. The zero-order chi connectivity index (χ0) is 21.9. The predicted octanol–water partition coefficient (Wildman–Crippen LogP) is 4.75. The molecule has 0 spiro atoms. The number of amides is 1. The third-order valence-electron chi connectivity index (χ3n) is 6.32. The van der Waals surface area contributed by atoms with Crippen molar-refractivity contribution >= 4 is 27.6 Å². The van der Waals surface area contributed by atoms with E-state index in [0.29, 0.717) is 35.2 Å². The monoisotopic (exact) mass is 421 g/mol. The first-order valence-corrected chi connectivity index (χ1v) is 10.2. The van der Waals surface area contributed by atoms with Crippen LogP contribution in [0, 0.1) is 18.6 Å². The van der Waals surface area contributed by atoms with Crippen LogP contribution in [0.5, 0.6) is 0 Å². The van der Waals surface area contributed by atoms with Crippen LogP contribution in [0.15, 0.2) is 41.2 Å². The summed E-state index contributed by atoms with van der Waals surface area (Å²) < 4.78 is 27.9. The second-order valence-corrected chi connectivity index (χ2v) is 8.20. The Morgan fingerprint density at radius 1 is 1.06 bits per heavy atom. The molecule has 1 amide bonds. The Kier molecular flexibility index (Phi) is 4.43. The summed E-state index contributed by atoms with van der Waals surface area (Å²) in [4.78, 5) is 33.4. The smallest absolute Gasteiger partial charge is 0.270 e. The number of benzene rings is 2. The number of aryl methyl sites for hydroxylation is 2. The number of aromatic nitrogens is 2. The molecule has 0 fully saturated rings. The highest BCUT2D eigenvalue weighted by atomic mass is 19.2. The van der Waals surface area contributed by atoms with E-state index in [1.165, 1.54) is 0 Å². The first kappa shape index (κ1) is 19.5. The van der Waals surface area contributed by atoms with E-state index in [1.807, 2.05) is 31.2 Å². The maximum absolute atomic E-state index is 14.1. The number of hydrogen-bond donors (Lipinski definition) is 2. The Bertz CT molecular complexity index is 1420. The van der Waals surface area contributed by atoms with E-state index in [-0.39, 0.29) is 17.3 Å². The molecule has 0 unspecified atom stereocenters. The Balaban J connectivity index is 1.62. The summed E-state index contributed by atoms with van der Waals surface area (Å²) in [6.45, 7) is 1.99. The lowest BCUT2D eigenvalue weighted by Crippen LogP contribution is -2.34. The van der Waals surface area contributed by atoms with Gasteiger partial charge in [0.25, 0.3) is 11.5 Å². The maximum atomic E-state index is 14.1. The van der Waals surface area contributed by atoms with Crippen molar-refractivity contribution < 1.29 is 13.6 Å². The van der Waals surface area contributed by atoms with Crippen LogP contribution in [0.3, 0.4) is 0 Å². The number of hydrogen-bond acceptors (Lipinski definition) is 2. The molecule has 1 aliphatic rings. The number of rotatable bonds is 2. The summed E-state index contributed by atoms with van der Waals surface area (Å²) in [7, 11) is 1.71. The SMILES string of the molecule is Cc1cccc2[nH]c(C(=O)N(C)[C@H]3CCCc4[nH]c(=O)c5cc(F)c(F)cc5c43)cc12. The minimum atomic E-state index is -1.07. The fourth-order valence-corrected chi connectivity index (χ4v) is 4.73. The Hall–Kier alpha value is -3.48. The van der Waals surface area contributed by atoms with Crippen LogP contribution in [-0.2, 0) is 6.42 Å². The summed E-state index contributed by atoms with van der Waals surface area (Å²) in [6.07, 6.45) is 2.05. The molecule has 158 valence electrons. The van der Waals surface area contributed by atoms with Crippen molar-refractivity contribution in [1.82, 2.24) is 14.9 Å². The summed E-state index contributed by atoms with van der Waals surface area (Å²) in [5.41, 5.74) is 3.32. The lowest BCUT2D eigenvalue weighted by molar-refractivity contribution is 0.0711. The van der Waals surface area contributed by atoms with Gasteiger partial charge in [0.2, 0.25) is 0 Å². The zero-order valence-electron chi connectivity index (χ0n) is 17.2. The van der Waals surface area contributed by atoms with E-state index in [4.69, 9.17) is 0 Å². The van der Waals surface area contributed by atoms with Crippen LogP contribution >= 0.6 is 0 Å². The average molecular weight is 421 g/mol. The molecule has 0 bridgehead atoms. The first-order valence-electron chi connectivity index (χ1n) is 10.2. The van der Waals surface area contributed by atoms with Crippen molar-refractivity contribution in [1.29, 1.82) is 0 Å². The van der Waals surface area contributed by atoms with E-state index in [9.17, 15) is 18.4 Å². The number of fused-ring (bicyclic) bond motifs is 4. The normalized spacial score (nSPS) is 15.9. The molecule has 0 aliphatic heterocycles. The number of pyridine rings is 1. The summed E-state index contributed by atoms with van der Waals surface area (Å²) in [6, 6.07) is 9.31. The van der Waals surface area contributed by atoms with Gasteiger partial charge in [0.15, 0.2) is 11.6 Å². The van der Waals surface area contributed by atoms with E-state index in [2.05, 4.69) is 9.97 Å². The molecule has 2 N–H and O–H groups in total. The third kappa shape index (κ3) is 3.03. The van der Waals surface area contributed by atoms with Crippen LogP contribution in [-0.4, -0.2) is 27.8 Å². The van der Waals surface area contributed by atoms with Crippen molar-refractivity contribution in [3.05, 3.63) is 80.9 Å². The molecule has 5 nitrogen and oxygen atoms in total. The Labute approximate surface area is 176 Å². The Morgan fingerprint density at radius 3 is 2.55 bits per heavy atom. The van der Waals surface area contributed by atoms with Crippen molar-refractivity contribution in [2.75, 3.05) is 7.05 Å². The van der Waals surface area contributed by atoms with Gasteiger partial charge >= 0.3 is 0 Å². The van der Waals surface area contributed by atoms with Crippen LogP contribution in [0.4, 0.5) is 8.78 Å². The molecule has 31 heavy (non-hydrogen) atoms. The van der Waals surface area contributed by atoms with Gasteiger partial charge in [0.05, 0.1) is 11.4 Å². The maximum Gasteiger partial charge on any atom is 0.270 e. The topological polar surface area (TPSA) is 69.0 Å². The van der Waals surface area contributed by atoms with Crippen LogP contribution in [0.2, 0.25) is 0 Å². The van der Waals surface area contributed by atoms with Crippen molar-refractivity contribution in [3.8, 4) is 0 Å². The van der Waals surface area contributed by atoms with Gasteiger partial charge in [0.1, 0.15) is 5.69 Å². The van der Waals surface area contributed by atoms with Gasteiger partial charge in [-0.05, 0) is 61.4 Å². The second kappa shape index (κ2) is 7.04. The number of carbonyl (C=O) groups is 1. The molecule has 0 saturated heterocycles. The van der Waals surface area contributed by atoms with Crippen LogP contribution < -0.4 is 5.56 Å². The van der Waals surface area contributed by atoms with E-state index in [1.54, 1.807) is 11.9 Å². The number of H-pyrrole nitrogens is 2. The molecule has 7 heteroatoms. The molecule has 2 aromatic carbocycles. The third-order valence-corrected chi connectivity index (χ3v) is 6.32. The molecule has 2 aromatic heterocycles. The predicted molar refractivity (Wildman–Crippen MR) is 115 cm³/mol. The van der Waals surface area contributed by atoms with Gasteiger partial charge in [-0.25, -0.2) is 8.78 Å². The highest BCUT2D eigenvalue weighted by Crippen LogP contribution is 2.37. The minimum Gasteiger partial charge on any atom is -0.351 e. The van der Waals surface area contributed by atoms with Gasteiger partial charge < -0.3 is 14.9 Å². The fourth-order valence-electron chi connectivity index (χ4n) is 4.73. The standard InChI is InChI=1S/C24H21F2N3O2/c1-12-5-3-6-18-13(12)11-20(27-18)24(31)29(2)21-8-4-7-19-22(21)14-9-16(25)17(26)10-15(14)23(30)28-19/h3,5-6,9-11,21,27H,4,7-8H2,1-2H3,(H,28,30)/t21-/m0/s1. The minimum absolute atomic E-state index is 0.0895. The number of halogens is 2. The molecule has 4 aromatic rings. The van der Waals surface area contributed by atoms with Gasteiger partial charge in [-0.1, -0.05) is 12.1 Å². The number of carbonyl (C=O) groups excluding carboxylic acids is 1. The van der Waals surface area contributed by atoms with Gasteiger partial charge in [-0.3, -0.25) is 9.59 Å². The molecule has 0 radical (unpaired) electrons. The van der Waals surface area contributed by atoms with Crippen LogP contribution in [0.25, 0.3) is 21.7 Å². The fraction of sp³-hybridized carbons (Fsp3) is 0.250. The first-order chi connectivity index (χ1) is 14.8. The highest BCUT2D eigenvalue weighted by molar-refractivity contribution is 5.99. The second-order valence-electron chi connectivity index (χ2n) is 8.20. The highest BCUT2D eigenvalue weighted by Gasteiger charge is 2.31. The molecule has 5 rings (SSSR count). The summed E-state index contributed by atoms with van der Waals surface area (Å²) >= 11 is 0. The van der Waals surface area contributed by atoms with E-state index in [0.717, 1.165) is 35.0 Å². The van der Waals surface area contributed by atoms with E-state index >= 15 is 0 Å². The number of aromatic amines is 2. The van der Waals surface area contributed by atoms with Gasteiger partial charge in [-0.2, -0.15) is 0 Å². The molecule has 2 heterocycles. The summed E-state index contributed by atoms with van der Waals surface area (Å²) in [5, 5.41) is 1.43. The molecule has 1 aliphatic carbocycles. The van der Waals surface area contributed by atoms with Crippen LogP contribution in [0.1, 0.15) is 46.2 Å². The molecular weight excluding hydrogens is 400 g/mol. The van der Waals surface area contributed by atoms with E-state index < -0.39 is 17.2 Å². The van der Waals surface area contributed by atoms with Gasteiger partial charge in [0, 0.05) is 29.2 Å². The lowest BCUT2D eigenvalue weighted by atomic mass is 9.86. The largest absolute Gasteiger partial charge is 0.351 e. The van der Waals surface area contributed by atoms with Crippen molar-refractivity contribution in [2.45, 2.75) is 32.2 Å². The average Bonchev–Trinajstić information content (AvgIpc) is 3.19. The van der Waals surface area contributed by atoms with Crippen molar-refractivity contribution in [3.63, 3.8) is 0 Å². The Morgan fingerprint density at radius 2 is 1.81 bits per heavy atom. The summed E-state index contributed by atoms with van der Waals surface area (Å²) in [5.74, 6) is -2.27. The molecular formula is C24H21F2N3O2. The molecule has 0 saturated carbocycles. The van der Waals surface area contributed by atoms with Gasteiger partial charge in [-0.15, -0.1) is 0 Å². The number of nitrogens with zero attached hydrogens (tertiary/aromatic N) is 1. The molecule has 1 atom stereocenters. The quantitative estimate of drug-likeness (QED) is 0.491.